The van der Waals surface area contributed by atoms with Crippen molar-refractivity contribution >= 4 is 23.2 Å². The summed E-state index contributed by atoms with van der Waals surface area (Å²) in [5.41, 5.74) is -0.0142. The summed E-state index contributed by atoms with van der Waals surface area (Å²) in [6, 6.07) is 15.4. The van der Waals surface area contributed by atoms with Crippen LogP contribution in [-0.4, -0.2) is 16.7 Å². The van der Waals surface area contributed by atoms with Crippen molar-refractivity contribution in [2.75, 3.05) is 0 Å². The lowest BCUT2D eigenvalue weighted by atomic mass is 9.68. The predicted octanol–water partition coefficient (Wildman–Crippen LogP) is 4.89. The highest BCUT2D eigenvalue weighted by Crippen LogP contribution is 2.60. The Morgan fingerprint density at radius 3 is 2.46 bits per heavy atom. The molecule has 140 valence electrons. The predicted molar refractivity (Wildman–Crippen MR) is 109 cm³/mol. The Morgan fingerprint density at radius 1 is 1.14 bits per heavy atom. The van der Waals surface area contributed by atoms with E-state index in [-0.39, 0.29) is 5.78 Å². The van der Waals surface area contributed by atoms with Crippen molar-refractivity contribution < 1.29 is 4.79 Å². The van der Waals surface area contributed by atoms with E-state index in [1.165, 1.54) is 11.3 Å². The summed E-state index contributed by atoms with van der Waals surface area (Å²) < 4.78 is 0. The van der Waals surface area contributed by atoms with Crippen molar-refractivity contribution in [3.63, 3.8) is 0 Å². The van der Waals surface area contributed by atoms with Gasteiger partial charge in [0.25, 0.3) is 0 Å². The van der Waals surface area contributed by atoms with Crippen LogP contribution in [0.25, 0.3) is 6.08 Å². The highest BCUT2D eigenvalue weighted by atomic mass is 32.1. The van der Waals surface area contributed by atoms with Gasteiger partial charge in [-0.2, -0.15) is 10.5 Å². The molecule has 2 aromatic rings. The first kappa shape index (κ1) is 18.5. The zero-order chi connectivity index (χ0) is 20.1. The van der Waals surface area contributed by atoms with Gasteiger partial charge in [0.05, 0.1) is 30.1 Å². The molecule has 0 saturated carbocycles. The topological polar surface area (TPSA) is 67.9 Å². The van der Waals surface area contributed by atoms with Crippen LogP contribution in [0.3, 0.4) is 0 Å². The van der Waals surface area contributed by atoms with E-state index in [1.54, 1.807) is 0 Å². The van der Waals surface area contributed by atoms with Crippen LogP contribution < -0.4 is 0 Å². The van der Waals surface area contributed by atoms with Crippen molar-refractivity contribution in [2.45, 2.75) is 38.8 Å². The SMILES string of the molecule is CC(C)(C)C(=O)[C@H]1[C@H](c2cccs2)C(C#N)(C#N)[C@@H]2c3ccccc3C=CN21. The lowest BCUT2D eigenvalue weighted by Crippen LogP contribution is -2.43. The van der Waals surface area contributed by atoms with Gasteiger partial charge in [-0.3, -0.25) is 4.79 Å². The maximum Gasteiger partial charge on any atom is 0.178 e. The van der Waals surface area contributed by atoms with E-state index >= 15 is 0 Å². The van der Waals surface area contributed by atoms with E-state index in [1.807, 2.05) is 79.7 Å². The third kappa shape index (κ3) is 2.44. The summed E-state index contributed by atoms with van der Waals surface area (Å²) in [5, 5.41) is 22.6. The standard InChI is InChI=1S/C23H21N3OS/c1-22(2,3)21(27)19-18(17-9-6-12-28-17)23(13-24,14-25)20-16-8-5-4-7-15(16)10-11-26(19)20/h4-12,18-20H,1-3H3/t18-,19+,20-/m0/s1. The fourth-order valence-corrected chi connectivity index (χ4v) is 5.45. The smallest absolute Gasteiger partial charge is 0.178 e. The zero-order valence-corrected chi connectivity index (χ0v) is 16.9. The van der Waals surface area contributed by atoms with Gasteiger partial charge in [-0.15, -0.1) is 11.3 Å². The van der Waals surface area contributed by atoms with Crippen LogP contribution in [0.4, 0.5) is 0 Å². The summed E-state index contributed by atoms with van der Waals surface area (Å²) in [6.45, 7) is 5.70. The van der Waals surface area contributed by atoms with Gasteiger partial charge in [-0.25, -0.2) is 0 Å². The molecule has 0 amide bonds. The van der Waals surface area contributed by atoms with E-state index in [0.717, 1.165) is 16.0 Å². The van der Waals surface area contributed by atoms with Crippen molar-refractivity contribution in [1.29, 1.82) is 10.5 Å². The number of ketones is 1. The molecule has 4 nitrogen and oxygen atoms in total. The molecule has 1 aromatic heterocycles. The van der Waals surface area contributed by atoms with Crippen LogP contribution in [0.2, 0.25) is 0 Å². The molecular weight excluding hydrogens is 366 g/mol. The number of benzene rings is 1. The first-order valence-electron chi connectivity index (χ1n) is 9.30. The second kappa shape index (κ2) is 6.33. The molecular formula is C23H21N3OS. The van der Waals surface area contributed by atoms with Gasteiger partial charge in [0.15, 0.2) is 11.2 Å². The summed E-state index contributed by atoms with van der Waals surface area (Å²) in [5.74, 6) is -0.456. The molecule has 4 rings (SSSR count). The van der Waals surface area contributed by atoms with Crippen molar-refractivity contribution in [3.05, 3.63) is 64.0 Å². The Labute approximate surface area is 169 Å². The number of carbonyl (C=O) groups is 1. The van der Waals surface area contributed by atoms with Gasteiger partial charge in [0.1, 0.15) is 0 Å². The number of hydrogen-bond donors (Lipinski definition) is 0. The lowest BCUT2D eigenvalue weighted by molar-refractivity contribution is -0.130. The summed E-state index contributed by atoms with van der Waals surface area (Å²) in [7, 11) is 0. The number of rotatable bonds is 2. The number of thiophene rings is 1. The highest BCUT2D eigenvalue weighted by molar-refractivity contribution is 7.10. The molecule has 0 N–H and O–H groups in total. The van der Waals surface area contributed by atoms with E-state index in [2.05, 4.69) is 12.1 Å². The third-order valence-corrected chi connectivity index (χ3v) is 6.76. The first-order valence-corrected chi connectivity index (χ1v) is 10.2. The van der Waals surface area contributed by atoms with Crippen molar-refractivity contribution in [3.8, 4) is 12.1 Å². The fourth-order valence-electron chi connectivity index (χ4n) is 4.51. The van der Waals surface area contributed by atoms with Gasteiger partial charge in [-0.1, -0.05) is 51.1 Å². The maximum absolute atomic E-state index is 13.6. The molecule has 0 aliphatic carbocycles. The minimum absolute atomic E-state index is 0.0484. The fraction of sp³-hybridized carbons (Fsp3) is 0.348. The molecule has 2 aliphatic heterocycles. The monoisotopic (exact) mass is 387 g/mol. The molecule has 1 fully saturated rings. The van der Waals surface area contributed by atoms with Gasteiger partial charge >= 0.3 is 0 Å². The Balaban J connectivity index is 2.01. The average molecular weight is 388 g/mol. The number of nitrogens with zero attached hydrogens (tertiary/aromatic N) is 3. The Bertz CT molecular complexity index is 1020. The highest BCUT2D eigenvalue weighted by Gasteiger charge is 2.64. The van der Waals surface area contributed by atoms with E-state index in [4.69, 9.17) is 0 Å². The van der Waals surface area contributed by atoms with Crippen LogP contribution in [0.1, 0.15) is 48.7 Å². The largest absolute Gasteiger partial charge is 0.357 e. The Kier molecular flexibility index (Phi) is 4.17. The second-order valence-electron chi connectivity index (χ2n) is 8.44. The van der Waals surface area contributed by atoms with Crippen LogP contribution in [-0.2, 0) is 4.79 Å². The summed E-state index contributed by atoms with van der Waals surface area (Å²) >= 11 is 1.51. The number of hydrogen-bond acceptors (Lipinski definition) is 5. The normalized spacial score (nSPS) is 24.8. The minimum atomic E-state index is -1.35. The van der Waals surface area contributed by atoms with E-state index in [0.29, 0.717) is 0 Å². The molecule has 28 heavy (non-hydrogen) atoms. The van der Waals surface area contributed by atoms with Crippen molar-refractivity contribution in [1.82, 2.24) is 4.90 Å². The second-order valence-corrected chi connectivity index (χ2v) is 9.42. The molecule has 0 radical (unpaired) electrons. The molecule has 0 spiro atoms. The Hall–Kier alpha value is -2.89. The maximum atomic E-state index is 13.6. The zero-order valence-electron chi connectivity index (χ0n) is 16.1. The van der Waals surface area contributed by atoms with Gasteiger partial charge in [0, 0.05) is 16.5 Å². The van der Waals surface area contributed by atoms with Gasteiger partial charge < -0.3 is 4.90 Å². The van der Waals surface area contributed by atoms with E-state index < -0.39 is 28.8 Å². The molecule has 1 saturated heterocycles. The summed E-state index contributed by atoms with van der Waals surface area (Å²) in [4.78, 5) is 16.4. The number of fused-ring (bicyclic) bond motifs is 3. The molecule has 2 aliphatic rings. The molecule has 3 heterocycles. The molecule has 3 atom stereocenters. The van der Waals surface area contributed by atoms with Crippen LogP contribution >= 0.6 is 11.3 Å². The number of carbonyl (C=O) groups excluding carboxylic acids is 1. The van der Waals surface area contributed by atoms with Gasteiger partial charge in [-0.05, 0) is 28.6 Å². The molecule has 1 aromatic carbocycles. The molecule has 5 heteroatoms. The van der Waals surface area contributed by atoms with Gasteiger partial charge in [0.2, 0.25) is 0 Å². The van der Waals surface area contributed by atoms with Crippen LogP contribution in [0.5, 0.6) is 0 Å². The Morgan fingerprint density at radius 2 is 1.86 bits per heavy atom. The van der Waals surface area contributed by atoms with Crippen LogP contribution in [0, 0.1) is 33.5 Å². The lowest BCUT2D eigenvalue weighted by Gasteiger charge is -2.36. The average Bonchev–Trinajstić information content (AvgIpc) is 3.30. The quantitative estimate of drug-likeness (QED) is 0.736. The molecule has 0 unspecified atom stereocenters. The minimum Gasteiger partial charge on any atom is -0.357 e. The number of nitriles is 2. The van der Waals surface area contributed by atoms with E-state index in [9.17, 15) is 15.3 Å². The van der Waals surface area contributed by atoms with Crippen LogP contribution in [0.15, 0.2) is 48.0 Å². The summed E-state index contributed by atoms with van der Waals surface area (Å²) in [6.07, 6.45) is 3.88. The third-order valence-electron chi connectivity index (χ3n) is 5.80. The van der Waals surface area contributed by atoms with Crippen molar-refractivity contribution in [2.24, 2.45) is 10.8 Å². The first-order chi connectivity index (χ1) is 13.3. The number of Topliss-reactive ketones (excluding diaryl/α,β-unsaturated/α-hetero) is 1. The molecule has 0 bridgehead atoms.